The second kappa shape index (κ2) is 7.20. The Morgan fingerprint density at radius 1 is 1.16 bits per heavy atom. The number of aromatic carboxylic acids is 1. The van der Waals surface area contributed by atoms with Crippen LogP contribution < -0.4 is 5.32 Å². The first kappa shape index (κ1) is 16.7. The van der Waals surface area contributed by atoms with Gasteiger partial charge in [0.25, 0.3) is 5.91 Å². The lowest BCUT2D eigenvalue weighted by molar-refractivity contribution is 0.0696. The number of nitrogens with one attached hydrogen (secondary N) is 1. The summed E-state index contributed by atoms with van der Waals surface area (Å²) in [4.78, 5) is 23.8. The van der Waals surface area contributed by atoms with Crippen LogP contribution >= 0.6 is 11.3 Å². The summed E-state index contributed by atoms with van der Waals surface area (Å²) < 4.78 is 1.08. The topological polar surface area (TPSA) is 66.4 Å². The molecule has 0 aliphatic carbocycles. The van der Waals surface area contributed by atoms with Crippen LogP contribution in [0.3, 0.4) is 0 Å². The molecule has 0 bridgehead atoms. The number of benzene rings is 2. The first-order valence-corrected chi connectivity index (χ1v) is 8.46. The first-order chi connectivity index (χ1) is 12.0. The minimum Gasteiger partial charge on any atom is -0.478 e. The molecule has 0 fully saturated rings. The van der Waals surface area contributed by atoms with E-state index in [1.807, 2.05) is 30.3 Å². The second-order valence-electron chi connectivity index (χ2n) is 5.47. The standard InChI is InChI=1S/C20H15NO3S/c1-13-11-14(8-9-16(13)20(23)24)5-4-10-21-19(22)18-12-15-6-2-3-7-17(15)25-18/h2-3,6-9,11-12H,10H2,1H3,(H,21,22)(H,23,24). The molecule has 0 saturated heterocycles. The molecule has 1 amide bonds. The Balaban J connectivity index is 1.63. The van der Waals surface area contributed by atoms with E-state index in [2.05, 4.69) is 17.2 Å². The zero-order valence-electron chi connectivity index (χ0n) is 13.5. The third-order valence-electron chi connectivity index (χ3n) is 3.68. The van der Waals surface area contributed by atoms with Crippen molar-refractivity contribution in [2.75, 3.05) is 6.54 Å². The number of carbonyl (C=O) groups is 2. The third-order valence-corrected chi connectivity index (χ3v) is 4.79. The normalized spacial score (nSPS) is 10.1. The Kier molecular flexibility index (Phi) is 4.82. The fraction of sp³-hybridized carbons (Fsp3) is 0.100. The summed E-state index contributed by atoms with van der Waals surface area (Å²) >= 11 is 1.45. The van der Waals surface area contributed by atoms with Crippen molar-refractivity contribution in [1.29, 1.82) is 0 Å². The molecule has 0 spiro atoms. The Hall–Kier alpha value is -3.10. The summed E-state index contributed by atoms with van der Waals surface area (Å²) in [5, 5.41) is 12.8. The van der Waals surface area contributed by atoms with Gasteiger partial charge in [0.1, 0.15) is 0 Å². The summed E-state index contributed by atoms with van der Waals surface area (Å²) in [7, 11) is 0. The van der Waals surface area contributed by atoms with Crippen LogP contribution in [0.2, 0.25) is 0 Å². The van der Waals surface area contributed by atoms with E-state index >= 15 is 0 Å². The third kappa shape index (κ3) is 3.87. The average Bonchev–Trinajstić information content (AvgIpc) is 3.02. The first-order valence-electron chi connectivity index (χ1n) is 7.64. The molecule has 0 unspecified atom stereocenters. The maximum atomic E-state index is 12.2. The van der Waals surface area contributed by atoms with Crippen molar-refractivity contribution in [3.8, 4) is 11.8 Å². The van der Waals surface area contributed by atoms with Gasteiger partial charge in [-0.1, -0.05) is 30.0 Å². The summed E-state index contributed by atoms with van der Waals surface area (Å²) in [6.45, 7) is 1.96. The number of fused-ring (bicyclic) bond motifs is 1. The van der Waals surface area contributed by atoms with E-state index in [4.69, 9.17) is 5.11 Å². The number of carboxylic acids is 1. The van der Waals surface area contributed by atoms with Crippen molar-refractivity contribution in [3.05, 3.63) is 70.1 Å². The molecule has 5 heteroatoms. The molecule has 3 aromatic rings. The molecule has 0 atom stereocenters. The lowest BCUT2D eigenvalue weighted by Crippen LogP contribution is -2.22. The van der Waals surface area contributed by atoms with Crippen molar-refractivity contribution in [2.45, 2.75) is 6.92 Å². The molecular weight excluding hydrogens is 334 g/mol. The fourth-order valence-corrected chi connectivity index (χ4v) is 3.41. The van der Waals surface area contributed by atoms with Crippen molar-refractivity contribution in [3.63, 3.8) is 0 Å². The lowest BCUT2D eigenvalue weighted by Gasteiger charge is -2.00. The molecule has 0 radical (unpaired) electrons. The molecule has 1 heterocycles. The Morgan fingerprint density at radius 3 is 2.68 bits per heavy atom. The number of carboxylic acid groups (broad SMARTS) is 1. The zero-order chi connectivity index (χ0) is 17.8. The molecule has 25 heavy (non-hydrogen) atoms. The van der Waals surface area contributed by atoms with Crippen molar-refractivity contribution < 1.29 is 14.7 Å². The lowest BCUT2D eigenvalue weighted by atomic mass is 10.1. The largest absolute Gasteiger partial charge is 0.478 e. The molecule has 0 saturated carbocycles. The molecule has 2 aromatic carbocycles. The highest BCUT2D eigenvalue weighted by Crippen LogP contribution is 2.24. The van der Waals surface area contributed by atoms with E-state index < -0.39 is 5.97 Å². The van der Waals surface area contributed by atoms with E-state index in [9.17, 15) is 9.59 Å². The van der Waals surface area contributed by atoms with Gasteiger partial charge in [-0.25, -0.2) is 4.79 Å². The number of amides is 1. The predicted octanol–water partition coefficient (Wildman–Crippen LogP) is 3.69. The van der Waals surface area contributed by atoms with Gasteiger partial charge in [-0.15, -0.1) is 11.3 Å². The molecule has 4 nitrogen and oxygen atoms in total. The van der Waals surface area contributed by atoms with Gasteiger partial charge in [-0.3, -0.25) is 4.79 Å². The molecule has 3 rings (SSSR count). The van der Waals surface area contributed by atoms with Gasteiger partial charge >= 0.3 is 5.97 Å². The van der Waals surface area contributed by atoms with Crippen LogP contribution in [0.1, 0.15) is 31.2 Å². The monoisotopic (exact) mass is 349 g/mol. The van der Waals surface area contributed by atoms with Crippen molar-refractivity contribution in [1.82, 2.24) is 5.32 Å². The predicted molar refractivity (Wildman–Crippen MR) is 99.2 cm³/mol. The maximum Gasteiger partial charge on any atom is 0.335 e. The van der Waals surface area contributed by atoms with E-state index in [1.165, 1.54) is 17.4 Å². The number of hydrogen-bond donors (Lipinski definition) is 2. The highest BCUT2D eigenvalue weighted by Gasteiger charge is 2.09. The van der Waals surface area contributed by atoms with Crippen LogP contribution in [0.15, 0.2) is 48.5 Å². The summed E-state index contributed by atoms with van der Waals surface area (Å²) in [5.41, 5.74) is 1.65. The van der Waals surface area contributed by atoms with Gasteiger partial charge in [0.15, 0.2) is 0 Å². The molecule has 1 aromatic heterocycles. The van der Waals surface area contributed by atoms with Crippen LogP contribution in [0.4, 0.5) is 0 Å². The number of hydrogen-bond acceptors (Lipinski definition) is 3. The summed E-state index contributed by atoms with van der Waals surface area (Å²) in [6.07, 6.45) is 0. The number of aryl methyl sites for hydroxylation is 1. The summed E-state index contributed by atoms with van der Waals surface area (Å²) in [5.74, 6) is 4.72. The Morgan fingerprint density at radius 2 is 1.96 bits per heavy atom. The Labute approximate surface area is 149 Å². The van der Waals surface area contributed by atoms with Crippen LogP contribution in [0.5, 0.6) is 0 Å². The molecular formula is C20H15NO3S. The van der Waals surface area contributed by atoms with Gasteiger partial charge in [0, 0.05) is 10.3 Å². The SMILES string of the molecule is Cc1cc(C#CCNC(=O)c2cc3ccccc3s2)ccc1C(=O)O. The number of thiophene rings is 1. The number of rotatable bonds is 3. The van der Waals surface area contributed by atoms with Crippen LogP contribution in [-0.4, -0.2) is 23.5 Å². The maximum absolute atomic E-state index is 12.2. The number of carbonyl (C=O) groups excluding carboxylic acids is 1. The quantitative estimate of drug-likeness (QED) is 0.709. The van der Waals surface area contributed by atoms with Gasteiger partial charge < -0.3 is 10.4 Å². The molecule has 0 aliphatic rings. The van der Waals surface area contributed by atoms with Crippen LogP contribution in [-0.2, 0) is 0 Å². The van der Waals surface area contributed by atoms with E-state index in [0.29, 0.717) is 10.4 Å². The zero-order valence-corrected chi connectivity index (χ0v) is 14.3. The van der Waals surface area contributed by atoms with Crippen molar-refractivity contribution in [2.24, 2.45) is 0 Å². The van der Waals surface area contributed by atoms with Crippen LogP contribution in [0.25, 0.3) is 10.1 Å². The van der Waals surface area contributed by atoms with E-state index in [0.717, 1.165) is 15.6 Å². The van der Waals surface area contributed by atoms with Crippen LogP contribution in [0, 0.1) is 18.8 Å². The minimum atomic E-state index is -0.951. The van der Waals surface area contributed by atoms with Gasteiger partial charge in [0.05, 0.1) is 17.0 Å². The van der Waals surface area contributed by atoms with Crippen molar-refractivity contribution >= 4 is 33.3 Å². The van der Waals surface area contributed by atoms with Gasteiger partial charge in [-0.05, 0) is 48.2 Å². The van der Waals surface area contributed by atoms with E-state index in [1.54, 1.807) is 19.1 Å². The molecule has 2 N–H and O–H groups in total. The smallest absolute Gasteiger partial charge is 0.335 e. The van der Waals surface area contributed by atoms with E-state index in [-0.39, 0.29) is 18.0 Å². The highest BCUT2D eigenvalue weighted by atomic mass is 32.1. The summed E-state index contributed by atoms with van der Waals surface area (Å²) in [6, 6.07) is 14.7. The second-order valence-corrected chi connectivity index (χ2v) is 6.55. The van der Waals surface area contributed by atoms with Gasteiger partial charge in [-0.2, -0.15) is 0 Å². The highest BCUT2D eigenvalue weighted by molar-refractivity contribution is 7.20. The fourth-order valence-electron chi connectivity index (χ4n) is 2.43. The minimum absolute atomic E-state index is 0.145. The average molecular weight is 349 g/mol. The van der Waals surface area contributed by atoms with Gasteiger partial charge in [0.2, 0.25) is 0 Å². The molecule has 124 valence electrons. The molecule has 0 aliphatic heterocycles. The Bertz CT molecular complexity index is 991.